The fourth-order valence-electron chi connectivity index (χ4n) is 1.91. The molecule has 0 unspecified atom stereocenters. The number of nitrogens with two attached hydrogens (primary N) is 1. The van der Waals surface area contributed by atoms with Crippen LogP contribution in [0.3, 0.4) is 0 Å². The SMILES string of the molecule is CCc1ccc(-c2cc(C)cc(N)c2)cc1. The highest BCUT2D eigenvalue weighted by molar-refractivity contribution is 5.68. The highest BCUT2D eigenvalue weighted by Gasteiger charge is 1.99. The maximum Gasteiger partial charge on any atom is 0.0322 e. The predicted molar refractivity (Wildman–Crippen MR) is 70.4 cm³/mol. The van der Waals surface area contributed by atoms with Crippen LogP contribution in [0.4, 0.5) is 5.69 Å². The minimum Gasteiger partial charge on any atom is -0.399 e. The highest BCUT2D eigenvalue weighted by atomic mass is 14.5. The third-order valence-corrected chi connectivity index (χ3v) is 2.80. The van der Waals surface area contributed by atoms with E-state index in [-0.39, 0.29) is 0 Å². The van der Waals surface area contributed by atoms with Crippen molar-refractivity contribution in [2.75, 3.05) is 5.73 Å². The Morgan fingerprint density at radius 2 is 1.62 bits per heavy atom. The van der Waals surface area contributed by atoms with E-state index in [0.717, 1.165) is 12.1 Å². The summed E-state index contributed by atoms with van der Waals surface area (Å²) in [5.74, 6) is 0. The summed E-state index contributed by atoms with van der Waals surface area (Å²) in [6.45, 7) is 4.24. The average molecular weight is 211 g/mol. The van der Waals surface area contributed by atoms with E-state index in [2.05, 4.69) is 44.2 Å². The lowest BCUT2D eigenvalue weighted by Gasteiger charge is -2.06. The Kier molecular flexibility index (Phi) is 2.95. The van der Waals surface area contributed by atoms with E-state index < -0.39 is 0 Å². The van der Waals surface area contributed by atoms with Gasteiger partial charge in [0.25, 0.3) is 0 Å². The Bertz CT molecular complexity index is 463. The monoisotopic (exact) mass is 211 g/mol. The average Bonchev–Trinajstić information content (AvgIpc) is 2.28. The van der Waals surface area contributed by atoms with Crippen molar-refractivity contribution >= 4 is 5.69 Å². The van der Waals surface area contributed by atoms with Gasteiger partial charge in [0.05, 0.1) is 0 Å². The van der Waals surface area contributed by atoms with E-state index in [1.807, 2.05) is 12.1 Å². The number of rotatable bonds is 2. The van der Waals surface area contributed by atoms with E-state index in [4.69, 9.17) is 5.73 Å². The van der Waals surface area contributed by atoms with Gasteiger partial charge in [0, 0.05) is 5.69 Å². The van der Waals surface area contributed by atoms with Gasteiger partial charge in [-0.3, -0.25) is 0 Å². The van der Waals surface area contributed by atoms with Gasteiger partial charge in [-0.15, -0.1) is 0 Å². The maximum atomic E-state index is 5.85. The number of benzene rings is 2. The molecule has 2 aromatic carbocycles. The normalized spacial score (nSPS) is 10.4. The van der Waals surface area contributed by atoms with Crippen LogP contribution in [-0.4, -0.2) is 0 Å². The third-order valence-electron chi connectivity index (χ3n) is 2.80. The summed E-state index contributed by atoms with van der Waals surface area (Å²) < 4.78 is 0. The van der Waals surface area contributed by atoms with Crippen molar-refractivity contribution < 1.29 is 0 Å². The number of aryl methyl sites for hydroxylation is 2. The molecule has 0 aromatic heterocycles. The lowest BCUT2D eigenvalue weighted by molar-refractivity contribution is 1.14. The summed E-state index contributed by atoms with van der Waals surface area (Å²) in [7, 11) is 0. The van der Waals surface area contributed by atoms with Gasteiger partial charge in [0.1, 0.15) is 0 Å². The molecule has 1 nitrogen and oxygen atoms in total. The molecule has 0 aliphatic carbocycles. The summed E-state index contributed by atoms with van der Waals surface area (Å²) in [6, 6.07) is 14.8. The quantitative estimate of drug-likeness (QED) is 0.751. The molecule has 0 aliphatic heterocycles. The molecule has 16 heavy (non-hydrogen) atoms. The van der Waals surface area contributed by atoms with Crippen molar-refractivity contribution in [3.63, 3.8) is 0 Å². The molecule has 0 saturated heterocycles. The van der Waals surface area contributed by atoms with Crippen molar-refractivity contribution in [3.05, 3.63) is 53.6 Å². The molecule has 1 heteroatoms. The topological polar surface area (TPSA) is 26.0 Å². The van der Waals surface area contributed by atoms with Gasteiger partial charge in [0.2, 0.25) is 0 Å². The summed E-state index contributed by atoms with van der Waals surface area (Å²) >= 11 is 0. The lowest BCUT2D eigenvalue weighted by Crippen LogP contribution is -1.88. The van der Waals surface area contributed by atoms with E-state index in [0.29, 0.717) is 0 Å². The Balaban J connectivity index is 2.42. The minimum absolute atomic E-state index is 0.828. The molecule has 0 radical (unpaired) electrons. The van der Waals surface area contributed by atoms with Crippen molar-refractivity contribution in [1.29, 1.82) is 0 Å². The summed E-state index contributed by atoms with van der Waals surface area (Å²) in [4.78, 5) is 0. The second-order valence-corrected chi connectivity index (χ2v) is 4.18. The second kappa shape index (κ2) is 4.40. The number of hydrogen-bond acceptors (Lipinski definition) is 1. The minimum atomic E-state index is 0.828. The van der Waals surface area contributed by atoms with Crippen molar-refractivity contribution in [2.45, 2.75) is 20.3 Å². The molecule has 0 bridgehead atoms. The molecule has 0 fully saturated rings. The third kappa shape index (κ3) is 2.25. The van der Waals surface area contributed by atoms with Gasteiger partial charge in [0.15, 0.2) is 0 Å². The molecular formula is C15H17N. The molecule has 0 amide bonds. The molecule has 2 N–H and O–H groups in total. The number of nitrogen functional groups attached to an aromatic ring is 1. The molecule has 0 atom stereocenters. The molecule has 0 heterocycles. The van der Waals surface area contributed by atoms with Crippen LogP contribution >= 0.6 is 0 Å². The van der Waals surface area contributed by atoms with Gasteiger partial charge >= 0.3 is 0 Å². The first-order valence-electron chi connectivity index (χ1n) is 5.65. The maximum absolute atomic E-state index is 5.85. The summed E-state index contributed by atoms with van der Waals surface area (Å²) in [5, 5.41) is 0. The van der Waals surface area contributed by atoms with E-state index >= 15 is 0 Å². The Hall–Kier alpha value is -1.76. The van der Waals surface area contributed by atoms with Gasteiger partial charge in [-0.1, -0.05) is 37.3 Å². The van der Waals surface area contributed by atoms with Crippen LogP contribution in [0.15, 0.2) is 42.5 Å². The molecular weight excluding hydrogens is 194 g/mol. The zero-order valence-corrected chi connectivity index (χ0v) is 9.83. The second-order valence-electron chi connectivity index (χ2n) is 4.18. The number of hydrogen-bond donors (Lipinski definition) is 1. The Labute approximate surface area is 96.9 Å². The van der Waals surface area contributed by atoms with Crippen LogP contribution in [0.25, 0.3) is 11.1 Å². The summed E-state index contributed by atoms with van der Waals surface area (Å²) in [5.41, 5.74) is 11.7. The Morgan fingerprint density at radius 3 is 2.19 bits per heavy atom. The van der Waals surface area contributed by atoms with Crippen molar-refractivity contribution in [3.8, 4) is 11.1 Å². The first kappa shape index (κ1) is 10.7. The van der Waals surface area contributed by atoms with Crippen LogP contribution in [-0.2, 0) is 6.42 Å². The fourth-order valence-corrected chi connectivity index (χ4v) is 1.91. The first-order chi connectivity index (χ1) is 7.69. The molecule has 0 saturated carbocycles. The first-order valence-corrected chi connectivity index (χ1v) is 5.65. The fraction of sp³-hybridized carbons (Fsp3) is 0.200. The van der Waals surface area contributed by atoms with E-state index in [9.17, 15) is 0 Å². The van der Waals surface area contributed by atoms with Gasteiger partial charge < -0.3 is 5.73 Å². The largest absolute Gasteiger partial charge is 0.399 e. The Morgan fingerprint density at radius 1 is 0.938 bits per heavy atom. The predicted octanol–water partition coefficient (Wildman–Crippen LogP) is 3.81. The van der Waals surface area contributed by atoms with Crippen LogP contribution in [0, 0.1) is 6.92 Å². The molecule has 2 aromatic rings. The van der Waals surface area contributed by atoms with Gasteiger partial charge in [-0.25, -0.2) is 0 Å². The van der Waals surface area contributed by atoms with Crippen LogP contribution in [0.1, 0.15) is 18.1 Å². The van der Waals surface area contributed by atoms with Crippen LogP contribution in [0.5, 0.6) is 0 Å². The standard InChI is InChI=1S/C15H17N/c1-3-12-4-6-13(7-5-12)14-8-11(2)9-15(16)10-14/h4-10H,3,16H2,1-2H3. The van der Waals surface area contributed by atoms with E-state index in [1.54, 1.807) is 0 Å². The van der Waals surface area contributed by atoms with Gasteiger partial charge in [-0.2, -0.15) is 0 Å². The zero-order valence-electron chi connectivity index (χ0n) is 9.83. The molecule has 82 valence electrons. The van der Waals surface area contributed by atoms with Gasteiger partial charge in [-0.05, 0) is 47.7 Å². The number of anilines is 1. The lowest BCUT2D eigenvalue weighted by atomic mass is 10.0. The molecule has 0 aliphatic rings. The van der Waals surface area contributed by atoms with Crippen molar-refractivity contribution in [1.82, 2.24) is 0 Å². The summed E-state index contributed by atoms with van der Waals surface area (Å²) in [6.07, 6.45) is 1.08. The molecule has 2 rings (SSSR count). The van der Waals surface area contributed by atoms with Crippen LogP contribution < -0.4 is 5.73 Å². The zero-order chi connectivity index (χ0) is 11.5. The smallest absolute Gasteiger partial charge is 0.0322 e. The highest BCUT2D eigenvalue weighted by Crippen LogP contribution is 2.23. The van der Waals surface area contributed by atoms with Crippen molar-refractivity contribution in [2.24, 2.45) is 0 Å². The van der Waals surface area contributed by atoms with Crippen LogP contribution in [0.2, 0.25) is 0 Å². The van der Waals surface area contributed by atoms with E-state index in [1.165, 1.54) is 22.3 Å². The molecule has 0 spiro atoms.